The molecule has 0 atom stereocenters. The van der Waals surface area contributed by atoms with E-state index in [4.69, 9.17) is 9.47 Å². The van der Waals surface area contributed by atoms with Crippen LogP contribution in [0.25, 0.3) is 0 Å². The van der Waals surface area contributed by atoms with E-state index in [0.29, 0.717) is 25.5 Å². The summed E-state index contributed by atoms with van der Waals surface area (Å²) in [5.74, 6) is 1.92. The van der Waals surface area contributed by atoms with Crippen LogP contribution in [0, 0.1) is 0 Å². The first kappa shape index (κ1) is 18.5. The predicted octanol–water partition coefficient (Wildman–Crippen LogP) is 3.32. The van der Waals surface area contributed by atoms with Gasteiger partial charge in [0, 0.05) is 37.6 Å². The van der Waals surface area contributed by atoms with Gasteiger partial charge in [0.15, 0.2) is 11.5 Å². The van der Waals surface area contributed by atoms with Gasteiger partial charge in [0.05, 0.1) is 19.0 Å². The van der Waals surface area contributed by atoms with E-state index < -0.39 is 0 Å². The van der Waals surface area contributed by atoms with Crippen LogP contribution in [-0.2, 0) is 11.3 Å². The lowest BCUT2D eigenvalue weighted by molar-refractivity contribution is -0.118. The summed E-state index contributed by atoms with van der Waals surface area (Å²) in [6.07, 6.45) is 0.884. The second-order valence-corrected chi connectivity index (χ2v) is 7.33. The highest BCUT2D eigenvalue weighted by molar-refractivity contribution is 8.00. The Morgan fingerprint density at radius 3 is 2.54 bits per heavy atom. The molecule has 0 saturated carbocycles. The SMILES string of the molecule is CN(C)c1ccc(CNC(=O)CSc2ccc3c(c2)OCCCO3)cc1. The molecule has 0 aromatic heterocycles. The van der Waals surface area contributed by atoms with Crippen LogP contribution in [0.1, 0.15) is 12.0 Å². The molecule has 2 aromatic rings. The van der Waals surface area contributed by atoms with Crippen LogP contribution in [0.2, 0.25) is 0 Å². The molecule has 0 fully saturated rings. The predicted molar refractivity (Wildman–Crippen MR) is 105 cm³/mol. The lowest BCUT2D eigenvalue weighted by atomic mass is 10.2. The highest BCUT2D eigenvalue weighted by Gasteiger charge is 2.11. The van der Waals surface area contributed by atoms with Crippen LogP contribution in [0.15, 0.2) is 47.4 Å². The van der Waals surface area contributed by atoms with Crippen LogP contribution in [0.3, 0.4) is 0 Å². The molecule has 1 amide bonds. The highest BCUT2D eigenvalue weighted by atomic mass is 32.2. The Kier molecular flexibility index (Phi) is 6.28. The zero-order valence-corrected chi connectivity index (χ0v) is 16.0. The topological polar surface area (TPSA) is 50.8 Å². The van der Waals surface area contributed by atoms with E-state index in [0.717, 1.165) is 34.1 Å². The molecule has 5 nitrogen and oxygen atoms in total. The number of hydrogen-bond acceptors (Lipinski definition) is 5. The Balaban J connectivity index is 1.47. The van der Waals surface area contributed by atoms with E-state index in [-0.39, 0.29) is 5.91 Å². The summed E-state index contributed by atoms with van der Waals surface area (Å²) in [4.78, 5) is 15.2. The number of anilines is 1. The van der Waals surface area contributed by atoms with Crippen LogP contribution in [0.4, 0.5) is 5.69 Å². The minimum absolute atomic E-state index is 0.0128. The smallest absolute Gasteiger partial charge is 0.230 e. The van der Waals surface area contributed by atoms with Crippen molar-refractivity contribution in [2.24, 2.45) is 0 Å². The number of ether oxygens (including phenoxy) is 2. The van der Waals surface area contributed by atoms with Gasteiger partial charge in [-0.2, -0.15) is 0 Å². The standard InChI is InChI=1S/C20H24N2O3S/c1-22(2)16-6-4-15(5-7-16)13-21-20(23)14-26-17-8-9-18-19(12-17)25-11-3-10-24-18/h4-9,12H,3,10-11,13-14H2,1-2H3,(H,21,23). The molecule has 1 heterocycles. The van der Waals surface area contributed by atoms with Gasteiger partial charge >= 0.3 is 0 Å². The van der Waals surface area contributed by atoms with E-state index in [1.807, 2.05) is 61.5 Å². The van der Waals surface area contributed by atoms with Crippen molar-refractivity contribution in [2.45, 2.75) is 17.9 Å². The minimum atomic E-state index is 0.0128. The quantitative estimate of drug-likeness (QED) is 0.789. The molecule has 2 aromatic carbocycles. The van der Waals surface area contributed by atoms with Crippen LogP contribution >= 0.6 is 11.8 Å². The first-order valence-corrected chi connectivity index (χ1v) is 9.66. The third kappa shape index (κ3) is 5.08. The maximum absolute atomic E-state index is 12.1. The van der Waals surface area contributed by atoms with Crippen molar-refractivity contribution in [3.05, 3.63) is 48.0 Å². The normalized spacial score (nSPS) is 13.0. The number of nitrogens with zero attached hydrogens (tertiary/aromatic N) is 1. The molecular formula is C20H24N2O3S. The van der Waals surface area contributed by atoms with Gasteiger partial charge in [-0.25, -0.2) is 0 Å². The van der Waals surface area contributed by atoms with E-state index in [1.54, 1.807) is 0 Å². The molecule has 6 heteroatoms. The van der Waals surface area contributed by atoms with Crippen molar-refractivity contribution in [2.75, 3.05) is 38.0 Å². The number of benzene rings is 2. The summed E-state index contributed by atoms with van der Waals surface area (Å²) in [5.41, 5.74) is 2.23. The fourth-order valence-electron chi connectivity index (χ4n) is 2.55. The van der Waals surface area contributed by atoms with Crippen molar-refractivity contribution in [1.29, 1.82) is 0 Å². The number of carbonyl (C=O) groups is 1. The molecule has 0 aliphatic carbocycles. The van der Waals surface area contributed by atoms with E-state index in [9.17, 15) is 4.79 Å². The maximum Gasteiger partial charge on any atom is 0.230 e. The molecular weight excluding hydrogens is 348 g/mol. The van der Waals surface area contributed by atoms with E-state index in [1.165, 1.54) is 11.8 Å². The van der Waals surface area contributed by atoms with Gasteiger partial charge in [-0.1, -0.05) is 12.1 Å². The zero-order valence-electron chi connectivity index (χ0n) is 15.2. The van der Waals surface area contributed by atoms with Gasteiger partial charge in [-0.3, -0.25) is 4.79 Å². The Hall–Kier alpha value is -2.34. The van der Waals surface area contributed by atoms with Crippen molar-refractivity contribution in [3.63, 3.8) is 0 Å². The molecule has 0 bridgehead atoms. The van der Waals surface area contributed by atoms with Gasteiger partial charge in [0.25, 0.3) is 0 Å². The number of rotatable bonds is 6. The Labute approximate surface area is 158 Å². The number of fused-ring (bicyclic) bond motifs is 1. The largest absolute Gasteiger partial charge is 0.490 e. The number of nitrogens with one attached hydrogen (secondary N) is 1. The average molecular weight is 372 g/mol. The fraction of sp³-hybridized carbons (Fsp3) is 0.350. The molecule has 0 unspecified atom stereocenters. The molecule has 0 spiro atoms. The Bertz CT molecular complexity index is 747. The lowest BCUT2D eigenvalue weighted by Gasteiger charge is -2.13. The molecule has 1 N–H and O–H groups in total. The van der Waals surface area contributed by atoms with Crippen molar-refractivity contribution < 1.29 is 14.3 Å². The lowest BCUT2D eigenvalue weighted by Crippen LogP contribution is -2.24. The highest BCUT2D eigenvalue weighted by Crippen LogP contribution is 2.33. The summed E-state index contributed by atoms with van der Waals surface area (Å²) >= 11 is 1.50. The number of thioether (sulfide) groups is 1. The third-order valence-electron chi connectivity index (χ3n) is 4.03. The summed E-state index contributed by atoms with van der Waals surface area (Å²) in [5, 5.41) is 2.96. The van der Waals surface area contributed by atoms with Gasteiger partial charge in [-0.15, -0.1) is 11.8 Å². The Morgan fingerprint density at radius 2 is 1.81 bits per heavy atom. The molecule has 3 rings (SSSR count). The summed E-state index contributed by atoms with van der Waals surface area (Å²) in [7, 11) is 4.02. The van der Waals surface area contributed by atoms with Gasteiger partial charge < -0.3 is 19.7 Å². The van der Waals surface area contributed by atoms with Crippen LogP contribution in [0.5, 0.6) is 11.5 Å². The molecule has 138 valence electrons. The zero-order chi connectivity index (χ0) is 18.4. The summed E-state index contributed by atoms with van der Waals surface area (Å²) in [6, 6.07) is 14.0. The third-order valence-corrected chi connectivity index (χ3v) is 5.03. The first-order valence-electron chi connectivity index (χ1n) is 8.67. The number of amides is 1. The molecule has 1 aliphatic heterocycles. The van der Waals surface area contributed by atoms with Crippen LogP contribution in [-0.4, -0.2) is 39.0 Å². The Morgan fingerprint density at radius 1 is 1.08 bits per heavy atom. The van der Waals surface area contributed by atoms with Crippen molar-refractivity contribution in [3.8, 4) is 11.5 Å². The summed E-state index contributed by atoms with van der Waals surface area (Å²) < 4.78 is 11.3. The maximum atomic E-state index is 12.1. The molecule has 1 aliphatic rings. The van der Waals surface area contributed by atoms with Gasteiger partial charge in [0.2, 0.25) is 5.91 Å². The van der Waals surface area contributed by atoms with E-state index >= 15 is 0 Å². The van der Waals surface area contributed by atoms with Crippen LogP contribution < -0.4 is 19.7 Å². The number of carbonyl (C=O) groups excluding carboxylic acids is 1. The first-order chi connectivity index (χ1) is 12.6. The second kappa shape index (κ2) is 8.85. The molecule has 0 radical (unpaired) electrons. The van der Waals surface area contributed by atoms with Gasteiger partial charge in [-0.05, 0) is 35.9 Å². The number of hydrogen-bond donors (Lipinski definition) is 1. The summed E-state index contributed by atoms with van der Waals surface area (Å²) in [6.45, 7) is 1.87. The van der Waals surface area contributed by atoms with Crippen molar-refractivity contribution in [1.82, 2.24) is 5.32 Å². The molecule has 26 heavy (non-hydrogen) atoms. The van der Waals surface area contributed by atoms with E-state index in [2.05, 4.69) is 5.32 Å². The second-order valence-electron chi connectivity index (χ2n) is 6.29. The van der Waals surface area contributed by atoms with Crippen molar-refractivity contribution >= 4 is 23.4 Å². The minimum Gasteiger partial charge on any atom is -0.490 e. The van der Waals surface area contributed by atoms with Gasteiger partial charge in [0.1, 0.15) is 0 Å². The molecule has 0 saturated heterocycles. The monoisotopic (exact) mass is 372 g/mol. The fourth-order valence-corrected chi connectivity index (χ4v) is 3.30. The average Bonchev–Trinajstić information content (AvgIpc) is 2.90.